The van der Waals surface area contributed by atoms with Gasteiger partial charge in [0, 0.05) is 56.0 Å². The van der Waals surface area contributed by atoms with Crippen LogP contribution in [0.3, 0.4) is 0 Å². The van der Waals surface area contributed by atoms with Gasteiger partial charge in [-0.25, -0.2) is 4.39 Å². The molecule has 2 aliphatic rings. The van der Waals surface area contributed by atoms with Gasteiger partial charge in [-0.15, -0.1) is 0 Å². The molecule has 1 amide bonds. The first-order chi connectivity index (χ1) is 13.6. The molecule has 7 heteroatoms. The van der Waals surface area contributed by atoms with Crippen LogP contribution in [0.4, 0.5) is 10.1 Å². The average Bonchev–Trinajstić information content (AvgIpc) is 3.19. The Morgan fingerprint density at radius 1 is 1.29 bits per heavy atom. The van der Waals surface area contributed by atoms with E-state index >= 15 is 0 Å². The Balaban J connectivity index is 1.36. The average molecular weight is 384 g/mol. The molecule has 0 radical (unpaired) electrons. The van der Waals surface area contributed by atoms with Crippen LogP contribution < -0.4 is 10.2 Å². The molecule has 2 aliphatic heterocycles. The molecular weight excluding hydrogens is 359 g/mol. The number of anilines is 1. The number of pyridine rings is 1. The Morgan fingerprint density at radius 2 is 2.11 bits per heavy atom. The number of nitrogens with one attached hydrogen (secondary N) is 1. The summed E-state index contributed by atoms with van der Waals surface area (Å²) < 4.78 is 20.1. The summed E-state index contributed by atoms with van der Waals surface area (Å²) in [6.45, 7) is 2.47. The fourth-order valence-corrected chi connectivity index (χ4v) is 3.89. The van der Waals surface area contributed by atoms with Gasteiger partial charge in [0.2, 0.25) is 5.91 Å². The van der Waals surface area contributed by atoms with Crippen LogP contribution >= 0.6 is 0 Å². The van der Waals surface area contributed by atoms with Gasteiger partial charge in [0.15, 0.2) is 6.35 Å². The molecule has 4 rings (SSSR count). The first-order valence-electron chi connectivity index (χ1n) is 9.64. The van der Waals surface area contributed by atoms with Gasteiger partial charge in [-0.2, -0.15) is 0 Å². The minimum absolute atomic E-state index is 0.0673. The monoisotopic (exact) mass is 384 g/mol. The van der Waals surface area contributed by atoms with E-state index in [9.17, 15) is 9.18 Å². The van der Waals surface area contributed by atoms with Crippen molar-refractivity contribution < 1.29 is 13.9 Å². The molecule has 28 heavy (non-hydrogen) atoms. The number of benzene rings is 1. The van der Waals surface area contributed by atoms with Crippen molar-refractivity contribution in [1.29, 1.82) is 0 Å². The van der Waals surface area contributed by atoms with Crippen molar-refractivity contribution in [2.24, 2.45) is 5.92 Å². The molecule has 2 unspecified atom stereocenters. The number of aromatic nitrogens is 1. The smallest absolute Gasteiger partial charge is 0.227 e. The summed E-state index contributed by atoms with van der Waals surface area (Å²) in [5.41, 5.74) is 1.67. The summed E-state index contributed by atoms with van der Waals surface area (Å²) in [7, 11) is 1.71. The van der Waals surface area contributed by atoms with Crippen molar-refractivity contribution in [3.8, 4) is 0 Å². The molecule has 2 saturated heterocycles. The van der Waals surface area contributed by atoms with Gasteiger partial charge in [0.05, 0.1) is 12.8 Å². The Kier molecular flexibility index (Phi) is 5.54. The quantitative estimate of drug-likeness (QED) is 0.859. The van der Waals surface area contributed by atoms with Crippen LogP contribution in [0.2, 0.25) is 0 Å². The molecule has 3 heterocycles. The number of hydrogen-bond donors (Lipinski definition) is 1. The van der Waals surface area contributed by atoms with Crippen LogP contribution in [0.25, 0.3) is 0 Å². The maximum atomic E-state index is 14.1. The Bertz CT molecular complexity index is 819. The van der Waals surface area contributed by atoms with E-state index in [4.69, 9.17) is 4.74 Å². The molecule has 3 atom stereocenters. The van der Waals surface area contributed by atoms with Gasteiger partial charge in [0.25, 0.3) is 0 Å². The number of carbonyl (C=O) groups excluding carboxylic acids is 1. The minimum atomic E-state index is -0.565. The fraction of sp³-hybridized carbons (Fsp3) is 0.429. The number of ether oxygens (including phenoxy) is 1. The predicted octanol–water partition coefficient (Wildman–Crippen LogP) is 2.54. The van der Waals surface area contributed by atoms with E-state index in [1.165, 1.54) is 18.1 Å². The van der Waals surface area contributed by atoms with E-state index in [1.807, 2.05) is 18.2 Å². The first-order valence-corrected chi connectivity index (χ1v) is 9.64. The van der Waals surface area contributed by atoms with E-state index < -0.39 is 18.2 Å². The van der Waals surface area contributed by atoms with Crippen LogP contribution in [0.5, 0.6) is 0 Å². The van der Waals surface area contributed by atoms with Gasteiger partial charge in [-0.1, -0.05) is 18.2 Å². The number of amides is 1. The third-order valence-corrected chi connectivity index (χ3v) is 5.54. The summed E-state index contributed by atoms with van der Waals surface area (Å²) in [5.74, 6) is -0.0868. The number of para-hydroxylation sites is 1. The molecule has 6 nitrogen and oxygen atoms in total. The lowest BCUT2D eigenvalue weighted by Crippen LogP contribution is -2.55. The predicted molar refractivity (Wildman–Crippen MR) is 104 cm³/mol. The normalized spacial score (nSPS) is 25.4. The maximum absolute atomic E-state index is 14.1. The number of halogens is 1. The summed E-state index contributed by atoms with van der Waals surface area (Å²) in [6, 6.07) is 11.5. The molecule has 1 aromatic heterocycles. The van der Waals surface area contributed by atoms with Crippen LogP contribution in [-0.2, 0) is 9.53 Å². The summed E-state index contributed by atoms with van der Waals surface area (Å²) in [4.78, 5) is 20.1. The second kappa shape index (κ2) is 8.24. The van der Waals surface area contributed by atoms with Gasteiger partial charge < -0.3 is 14.5 Å². The zero-order valence-electron chi connectivity index (χ0n) is 15.9. The van der Waals surface area contributed by atoms with E-state index in [1.54, 1.807) is 18.0 Å². The van der Waals surface area contributed by atoms with Gasteiger partial charge >= 0.3 is 0 Å². The zero-order chi connectivity index (χ0) is 19.5. The number of nitrogens with zero attached hydrogens (tertiary/aromatic N) is 3. The highest BCUT2D eigenvalue weighted by Gasteiger charge is 2.34. The van der Waals surface area contributed by atoms with E-state index in [2.05, 4.69) is 27.3 Å². The summed E-state index contributed by atoms with van der Waals surface area (Å²) >= 11 is 0. The van der Waals surface area contributed by atoms with E-state index in [0.29, 0.717) is 18.1 Å². The molecule has 0 spiro atoms. The van der Waals surface area contributed by atoms with Crippen molar-refractivity contribution in [3.05, 3.63) is 60.2 Å². The second-order valence-electron chi connectivity index (χ2n) is 7.45. The Hall–Kier alpha value is -2.51. The lowest BCUT2D eigenvalue weighted by molar-refractivity contribution is -0.158. The highest BCUT2D eigenvalue weighted by molar-refractivity contribution is 5.77. The standard InChI is InChI=1S/C21H25FN4O2/c1-25-20(27)11-19(17-7-9-23-12-18(17)22)24-21(25)28-14-15-8-10-26(13-15)16-5-3-2-4-6-16/h2-7,9,12,15,19,21,24H,8,10-11,13-14H2,1H3/t15-,19?,21?/m0/s1. The molecule has 2 fully saturated rings. The molecule has 148 valence electrons. The van der Waals surface area contributed by atoms with Crippen molar-refractivity contribution in [1.82, 2.24) is 15.2 Å². The van der Waals surface area contributed by atoms with Gasteiger partial charge in [0.1, 0.15) is 5.82 Å². The van der Waals surface area contributed by atoms with E-state index in [-0.39, 0.29) is 12.3 Å². The molecule has 0 saturated carbocycles. The molecule has 0 aliphatic carbocycles. The zero-order valence-corrected chi connectivity index (χ0v) is 15.9. The van der Waals surface area contributed by atoms with Crippen LogP contribution in [0.15, 0.2) is 48.8 Å². The second-order valence-corrected chi connectivity index (χ2v) is 7.45. The largest absolute Gasteiger partial charge is 0.371 e. The summed E-state index contributed by atoms with van der Waals surface area (Å²) in [5, 5.41) is 3.26. The van der Waals surface area contributed by atoms with Crippen LogP contribution in [0, 0.1) is 11.7 Å². The lowest BCUT2D eigenvalue weighted by Gasteiger charge is -2.38. The Labute approximate surface area is 164 Å². The molecule has 1 N–H and O–H groups in total. The lowest BCUT2D eigenvalue weighted by atomic mass is 10.0. The Morgan fingerprint density at radius 3 is 2.89 bits per heavy atom. The van der Waals surface area contributed by atoms with Crippen molar-refractivity contribution in [2.45, 2.75) is 25.2 Å². The minimum Gasteiger partial charge on any atom is -0.371 e. The molecular formula is C21H25FN4O2. The fourth-order valence-electron chi connectivity index (χ4n) is 3.89. The topological polar surface area (TPSA) is 57.7 Å². The first kappa shape index (κ1) is 18.8. The third-order valence-electron chi connectivity index (χ3n) is 5.54. The van der Waals surface area contributed by atoms with Crippen molar-refractivity contribution in [2.75, 3.05) is 31.6 Å². The SMILES string of the molecule is CN1C(=O)CC(c2ccncc2F)NC1OC[C@H]1CCN(c2ccccc2)C1. The van der Waals surface area contributed by atoms with Gasteiger partial charge in [-0.3, -0.25) is 15.1 Å². The van der Waals surface area contributed by atoms with Crippen molar-refractivity contribution >= 4 is 11.6 Å². The molecule has 1 aromatic carbocycles. The number of rotatable bonds is 5. The van der Waals surface area contributed by atoms with Crippen LogP contribution in [0.1, 0.15) is 24.4 Å². The maximum Gasteiger partial charge on any atom is 0.227 e. The van der Waals surface area contributed by atoms with Crippen molar-refractivity contribution in [3.63, 3.8) is 0 Å². The molecule has 2 aromatic rings. The number of carbonyl (C=O) groups is 1. The van der Waals surface area contributed by atoms with Gasteiger partial charge in [-0.05, 0) is 24.6 Å². The van der Waals surface area contributed by atoms with Crippen LogP contribution in [-0.4, -0.2) is 48.9 Å². The number of hydrogen-bond acceptors (Lipinski definition) is 5. The van der Waals surface area contributed by atoms with E-state index in [0.717, 1.165) is 19.5 Å². The highest BCUT2D eigenvalue weighted by atomic mass is 19.1. The highest BCUT2D eigenvalue weighted by Crippen LogP contribution is 2.27. The molecule has 0 bridgehead atoms. The summed E-state index contributed by atoms with van der Waals surface area (Å²) in [6.07, 6.45) is 3.39. The third kappa shape index (κ3) is 4.00.